The predicted octanol–water partition coefficient (Wildman–Crippen LogP) is 1.90. The molecule has 0 bridgehead atoms. The highest BCUT2D eigenvalue weighted by Crippen LogP contribution is 2.25. The molecule has 0 amide bonds. The van der Waals surface area contributed by atoms with E-state index in [0.29, 0.717) is 17.2 Å². The molecule has 1 saturated heterocycles. The van der Waals surface area contributed by atoms with E-state index in [4.69, 9.17) is 5.73 Å². The largest absolute Gasteiger partial charge is 0.339 e. The summed E-state index contributed by atoms with van der Waals surface area (Å²) >= 11 is 0. The lowest BCUT2D eigenvalue weighted by Crippen LogP contribution is -2.27. The summed E-state index contributed by atoms with van der Waals surface area (Å²) in [5.41, 5.74) is 8.21. The van der Waals surface area contributed by atoms with Crippen LogP contribution in [0.3, 0.4) is 0 Å². The average molecular weight is 299 g/mol. The Balaban J connectivity index is 1.99. The summed E-state index contributed by atoms with van der Waals surface area (Å²) in [5.74, 6) is 0.634. The molecular formula is C15H17N5O2. The third-order valence-electron chi connectivity index (χ3n) is 3.70. The molecule has 2 N–H and O–H groups in total. The fourth-order valence-corrected chi connectivity index (χ4v) is 2.59. The molecule has 114 valence electrons. The van der Waals surface area contributed by atoms with Gasteiger partial charge in [0, 0.05) is 42.5 Å². The quantitative estimate of drug-likeness (QED) is 0.686. The zero-order chi connectivity index (χ0) is 15.7. The van der Waals surface area contributed by atoms with E-state index in [2.05, 4.69) is 14.9 Å². The van der Waals surface area contributed by atoms with Crippen molar-refractivity contribution in [3.05, 3.63) is 46.1 Å². The normalized spacial score (nSPS) is 17.7. The highest BCUT2D eigenvalue weighted by Gasteiger charge is 2.22. The number of rotatable bonds is 3. The van der Waals surface area contributed by atoms with Crippen LogP contribution < -0.4 is 10.6 Å². The third-order valence-corrected chi connectivity index (χ3v) is 3.70. The van der Waals surface area contributed by atoms with E-state index >= 15 is 0 Å². The predicted molar refractivity (Wildman–Crippen MR) is 83.7 cm³/mol. The minimum Gasteiger partial charge on any atom is -0.339 e. The monoisotopic (exact) mass is 299 g/mol. The van der Waals surface area contributed by atoms with Crippen LogP contribution in [-0.2, 0) is 0 Å². The molecule has 0 radical (unpaired) electrons. The van der Waals surface area contributed by atoms with E-state index in [-0.39, 0.29) is 11.7 Å². The fourth-order valence-electron chi connectivity index (χ4n) is 2.59. The topological polar surface area (TPSA) is 98.2 Å². The van der Waals surface area contributed by atoms with Crippen LogP contribution in [0.4, 0.5) is 11.6 Å². The van der Waals surface area contributed by atoms with Crippen molar-refractivity contribution in [1.29, 1.82) is 0 Å². The number of benzene rings is 1. The standard InChI is InChI=1S/C15H17N5O2/c1-10-7-14(11-3-2-4-13(8-11)20(21)22)18-15(17-10)19-6-5-12(16)9-19/h2-4,7-8,12H,5-6,9,16H2,1H3. The number of anilines is 1. The highest BCUT2D eigenvalue weighted by molar-refractivity contribution is 5.64. The maximum absolute atomic E-state index is 10.9. The lowest BCUT2D eigenvalue weighted by Gasteiger charge is -2.17. The van der Waals surface area contributed by atoms with E-state index in [0.717, 1.165) is 25.2 Å². The van der Waals surface area contributed by atoms with Gasteiger partial charge in [-0.2, -0.15) is 0 Å². The van der Waals surface area contributed by atoms with Crippen LogP contribution in [0.1, 0.15) is 12.1 Å². The van der Waals surface area contributed by atoms with Crippen LogP contribution in [0.25, 0.3) is 11.3 Å². The molecule has 1 atom stereocenters. The summed E-state index contributed by atoms with van der Waals surface area (Å²) in [6, 6.07) is 8.45. The minimum atomic E-state index is -0.405. The summed E-state index contributed by atoms with van der Waals surface area (Å²) in [6.07, 6.45) is 0.920. The molecule has 1 aromatic heterocycles. The molecule has 2 aromatic rings. The highest BCUT2D eigenvalue weighted by atomic mass is 16.6. The van der Waals surface area contributed by atoms with Gasteiger partial charge in [-0.05, 0) is 19.4 Å². The van der Waals surface area contributed by atoms with E-state index in [1.165, 1.54) is 12.1 Å². The summed E-state index contributed by atoms with van der Waals surface area (Å²) in [7, 11) is 0. The number of aryl methyl sites for hydroxylation is 1. The second kappa shape index (κ2) is 5.69. The molecule has 7 nitrogen and oxygen atoms in total. The average Bonchev–Trinajstić information content (AvgIpc) is 2.93. The Bertz CT molecular complexity index is 719. The molecule has 1 aromatic carbocycles. The Kier molecular flexibility index (Phi) is 3.72. The molecule has 0 spiro atoms. The van der Waals surface area contributed by atoms with Crippen molar-refractivity contribution >= 4 is 11.6 Å². The Morgan fingerprint density at radius 2 is 2.18 bits per heavy atom. The molecule has 1 unspecified atom stereocenters. The maximum atomic E-state index is 10.9. The van der Waals surface area contributed by atoms with Crippen molar-refractivity contribution < 1.29 is 4.92 Å². The first-order valence-electron chi connectivity index (χ1n) is 7.14. The molecule has 22 heavy (non-hydrogen) atoms. The van der Waals surface area contributed by atoms with Crippen LogP contribution in [0, 0.1) is 17.0 Å². The van der Waals surface area contributed by atoms with Gasteiger partial charge in [-0.25, -0.2) is 9.97 Å². The van der Waals surface area contributed by atoms with E-state index in [1.54, 1.807) is 6.07 Å². The van der Waals surface area contributed by atoms with E-state index in [9.17, 15) is 10.1 Å². The third kappa shape index (κ3) is 2.89. The number of nitro benzene ring substituents is 1. The Morgan fingerprint density at radius 1 is 1.36 bits per heavy atom. The molecule has 1 aliphatic rings. The van der Waals surface area contributed by atoms with Gasteiger partial charge in [0.2, 0.25) is 5.95 Å². The summed E-state index contributed by atoms with van der Waals surface area (Å²) in [4.78, 5) is 21.6. The van der Waals surface area contributed by atoms with Gasteiger partial charge < -0.3 is 10.6 Å². The number of non-ortho nitro benzene ring substituents is 1. The van der Waals surface area contributed by atoms with Crippen LogP contribution >= 0.6 is 0 Å². The van der Waals surface area contributed by atoms with E-state index in [1.807, 2.05) is 19.1 Å². The molecule has 0 saturated carbocycles. The van der Waals surface area contributed by atoms with Crippen molar-refractivity contribution in [1.82, 2.24) is 9.97 Å². The number of nitrogens with two attached hydrogens (primary N) is 1. The Labute approximate surface area is 127 Å². The number of nitrogens with zero attached hydrogens (tertiary/aromatic N) is 4. The minimum absolute atomic E-state index is 0.0542. The molecule has 1 fully saturated rings. The van der Waals surface area contributed by atoms with Crippen LogP contribution in [0.15, 0.2) is 30.3 Å². The van der Waals surface area contributed by atoms with Gasteiger partial charge in [0.1, 0.15) is 0 Å². The molecule has 2 heterocycles. The zero-order valence-corrected chi connectivity index (χ0v) is 12.3. The van der Waals surface area contributed by atoms with Crippen molar-refractivity contribution in [2.24, 2.45) is 5.73 Å². The van der Waals surface area contributed by atoms with Crippen molar-refractivity contribution in [3.8, 4) is 11.3 Å². The first kappa shape index (κ1) is 14.4. The molecule has 0 aliphatic carbocycles. The van der Waals surface area contributed by atoms with Crippen LogP contribution in [0.5, 0.6) is 0 Å². The van der Waals surface area contributed by atoms with Crippen LogP contribution in [0.2, 0.25) is 0 Å². The second-order valence-corrected chi connectivity index (χ2v) is 5.50. The number of nitro groups is 1. The molecular weight excluding hydrogens is 282 g/mol. The SMILES string of the molecule is Cc1cc(-c2cccc([N+](=O)[O-])c2)nc(N2CCC(N)C2)n1. The van der Waals surface area contributed by atoms with E-state index < -0.39 is 4.92 Å². The van der Waals surface area contributed by atoms with Gasteiger partial charge in [-0.15, -0.1) is 0 Å². The smallest absolute Gasteiger partial charge is 0.270 e. The maximum Gasteiger partial charge on any atom is 0.270 e. The Morgan fingerprint density at radius 3 is 2.86 bits per heavy atom. The van der Waals surface area contributed by atoms with Crippen molar-refractivity contribution in [2.75, 3.05) is 18.0 Å². The van der Waals surface area contributed by atoms with Gasteiger partial charge >= 0.3 is 0 Å². The van der Waals surface area contributed by atoms with Gasteiger partial charge in [-0.3, -0.25) is 10.1 Å². The lowest BCUT2D eigenvalue weighted by molar-refractivity contribution is -0.384. The van der Waals surface area contributed by atoms with Gasteiger partial charge in [0.25, 0.3) is 5.69 Å². The molecule has 7 heteroatoms. The fraction of sp³-hybridized carbons (Fsp3) is 0.333. The first-order valence-corrected chi connectivity index (χ1v) is 7.14. The number of aromatic nitrogens is 2. The second-order valence-electron chi connectivity index (χ2n) is 5.50. The molecule has 3 rings (SSSR count). The summed E-state index contributed by atoms with van der Waals surface area (Å²) in [5, 5.41) is 10.9. The molecule has 1 aliphatic heterocycles. The zero-order valence-electron chi connectivity index (χ0n) is 12.3. The van der Waals surface area contributed by atoms with Crippen molar-refractivity contribution in [2.45, 2.75) is 19.4 Å². The Hall–Kier alpha value is -2.54. The summed E-state index contributed by atoms with van der Waals surface area (Å²) < 4.78 is 0. The summed E-state index contributed by atoms with van der Waals surface area (Å²) in [6.45, 7) is 3.46. The van der Waals surface area contributed by atoms with Crippen LogP contribution in [-0.4, -0.2) is 34.0 Å². The van der Waals surface area contributed by atoms with Crippen molar-refractivity contribution in [3.63, 3.8) is 0 Å². The van der Waals surface area contributed by atoms with Gasteiger partial charge in [-0.1, -0.05) is 12.1 Å². The number of hydrogen-bond acceptors (Lipinski definition) is 6. The lowest BCUT2D eigenvalue weighted by atomic mass is 10.1. The van der Waals surface area contributed by atoms with Gasteiger partial charge in [0.05, 0.1) is 10.6 Å². The number of hydrogen-bond donors (Lipinski definition) is 1. The first-order chi connectivity index (χ1) is 10.5. The van der Waals surface area contributed by atoms with Gasteiger partial charge in [0.15, 0.2) is 0 Å².